The molecule has 2 N–H and O–H groups in total. The normalized spacial score (nSPS) is 21.0. The summed E-state index contributed by atoms with van der Waals surface area (Å²) in [5.41, 5.74) is 0.308. The number of piperidine rings is 1. The molecule has 0 aliphatic carbocycles. The van der Waals surface area contributed by atoms with Gasteiger partial charge < -0.3 is 15.1 Å². The van der Waals surface area contributed by atoms with Crippen molar-refractivity contribution in [2.75, 3.05) is 6.54 Å². The van der Waals surface area contributed by atoms with Gasteiger partial charge in [0.2, 0.25) is 5.91 Å². The van der Waals surface area contributed by atoms with Crippen LogP contribution in [0.25, 0.3) is 0 Å². The smallest absolute Gasteiger partial charge is 0.326 e. The van der Waals surface area contributed by atoms with Crippen LogP contribution in [0.4, 0.5) is 4.39 Å². The van der Waals surface area contributed by atoms with Crippen molar-refractivity contribution in [3.8, 4) is 0 Å². The summed E-state index contributed by atoms with van der Waals surface area (Å²) < 4.78 is 12.8. The van der Waals surface area contributed by atoms with Crippen LogP contribution in [-0.2, 0) is 9.59 Å². The van der Waals surface area contributed by atoms with Crippen molar-refractivity contribution in [3.63, 3.8) is 0 Å². The molecule has 2 atom stereocenters. The zero-order valence-corrected chi connectivity index (χ0v) is 12.4. The Bertz CT molecular complexity index is 601. The van der Waals surface area contributed by atoms with E-state index >= 15 is 0 Å². The molecule has 1 aliphatic rings. The first-order chi connectivity index (χ1) is 10.9. The van der Waals surface area contributed by atoms with Crippen LogP contribution in [0.1, 0.15) is 36.0 Å². The molecule has 0 radical (unpaired) electrons. The molecular weight excluding hydrogens is 305 g/mol. The molecule has 1 heterocycles. The van der Waals surface area contributed by atoms with Crippen molar-refractivity contribution in [2.24, 2.45) is 0 Å². The lowest BCUT2D eigenvalue weighted by atomic mass is 9.98. The third kappa shape index (κ3) is 4.35. The van der Waals surface area contributed by atoms with Crippen LogP contribution in [0.5, 0.6) is 0 Å². The lowest BCUT2D eigenvalue weighted by Crippen LogP contribution is -2.51. The Morgan fingerprint density at radius 1 is 1.17 bits per heavy atom. The number of hydrogen-bond donors (Lipinski definition) is 2. The molecule has 0 bridgehead atoms. The number of Topliss-reactive ketones (excluding diaryl/α,β-unsaturated/α-hetero) is 1. The van der Waals surface area contributed by atoms with Gasteiger partial charge >= 0.3 is 5.97 Å². The van der Waals surface area contributed by atoms with Crippen molar-refractivity contribution >= 4 is 17.7 Å². The number of halogens is 1. The van der Waals surface area contributed by atoms with Gasteiger partial charge in [-0.25, -0.2) is 9.18 Å². The van der Waals surface area contributed by atoms with Gasteiger partial charge in [-0.3, -0.25) is 9.59 Å². The molecule has 2 rings (SSSR count). The van der Waals surface area contributed by atoms with E-state index in [0.717, 1.165) is 0 Å². The molecule has 1 fully saturated rings. The molecule has 23 heavy (non-hydrogen) atoms. The standard InChI is InChI=1S/C16H18FNO5/c17-11-3-1-10(2-4-11)14(20)5-6-15(21)18-8-7-12(19)9-13(18)16(22)23/h1-4,12-13,19H,5-9H2,(H,22,23)/t12-,13+/m1/s1. The quantitative estimate of drug-likeness (QED) is 0.795. The van der Waals surface area contributed by atoms with Gasteiger partial charge in [-0.2, -0.15) is 0 Å². The highest BCUT2D eigenvalue weighted by Crippen LogP contribution is 2.20. The molecule has 0 saturated carbocycles. The van der Waals surface area contributed by atoms with Crippen LogP contribution in [0.2, 0.25) is 0 Å². The number of rotatable bonds is 5. The number of likely N-dealkylation sites (tertiary alicyclic amines) is 1. The van der Waals surface area contributed by atoms with Gasteiger partial charge in [0.1, 0.15) is 11.9 Å². The zero-order chi connectivity index (χ0) is 17.0. The number of aliphatic carboxylic acids is 1. The van der Waals surface area contributed by atoms with Gasteiger partial charge in [0.15, 0.2) is 5.78 Å². The molecule has 6 nitrogen and oxygen atoms in total. The molecule has 0 spiro atoms. The average molecular weight is 323 g/mol. The van der Waals surface area contributed by atoms with Crippen LogP contribution in [0.3, 0.4) is 0 Å². The van der Waals surface area contributed by atoms with E-state index in [9.17, 15) is 23.9 Å². The first-order valence-electron chi connectivity index (χ1n) is 7.37. The largest absolute Gasteiger partial charge is 0.480 e. The maximum atomic E-state index is 12.8. The number of nitrogens with zero attached hydrogens (tertiary/aromatic N) is 1. The van der Waals surface area contributed by atoms with Crippen LogP contribution in [0, 0.1) is 5.82 Å². The zero-order valence-electron chi connectivity index (χ0n) is 12.4. The SMILES string of the molecule is O=C(CCC(=O)N1CC[C@@H](O)C[C@H]1C(=O)O)c1ccc(F)cc1. The molecule has 7 heteroatoms. The maximum absolute atomic E-state index is 12.8. The molecule has 1 aromatic rings. The summed E-state index contributed by atoms with van der Waals surface area (Å²) in [6.07, 6.45) is -0.610. The summed E-state index contributed by atoms with van der Waals surface area (Å²) in [7, 11) is 0. The molecule has 0 aromatic heterocycles. The number of aliphatic hydroxyl groups is 1. The van der Waals surface area contributed by atoms with E-state index in [0.29, 0.717) is 12.0 Å². The minimum absolute atomic E-state index is 0.00696. The Labute approximate surface area is 132 Å². The lowest BCUT2D eigenvalue weighted by molar-refractivity contribution is -0.154. The molecule has 1 aliphatic heterocycles. The predicted molar refractivity (Wildman–Crippen MR) is 78.3 cm³/mol. The fourth-order valence-corrected chi connectivity index (χ4v) is 2.62. The van der Waals surface area contributed by atoms with Gasteiger partial charge in [0, 0.05) is 31.4 Å². The van der Waals surface area contributed by atoms with E-state index in [2.05, 4.69) is 0 Å². The second kappa shape index (κ2) is 7.32. The van der Waals surface area contributed by atoms with Crippen LogP contribution in [0.15, 0.2) is 24.3 Å². The number of benzene rings is 1. The van der Waals surface area contributed by atoms with Crippen LogP contribution >= 0.6 is 0 Å². The molecule has 1 aromatic carbocycles. The number of carbonyl (C=O) groups excluding carboxylic acids is 2. The average Bonchev–Trinajstić information content (AvgIpc) is 2.52. The number of amides is 1. The fourth-order valence-electron chi connectivity index (χ4n) is 2.62. The monoisotopic (exact) mass is 323 g/mol. The first kappa shape index (κ1) is 17.1. The molecule has 0 unspecified atom stereocenters. The van der Waals surface area contributed by atoms with Gasteiger partial charge in [-0.1, -0.05) is 0 Å². The minimum Gasteiger partial charge on any atom is -0.480 e. The highest BCUT2D eigenvalue weighted by atomic mass is 19.1. The molecule has 1 saturated heterocycles. The van der Waals surface area contributed by atoms with Gasteiger partial charge in [0.05, 0.1) is 6.10 Å². The fraction of sp³-hybridized carbons (Fsp3) is 0.438. The number of carbonyl (C=O) groups is 3. The summed E-state index contributed by atoms with van der Waals surface area (Å²) in [6, 6.07) is 3.97. The highest BCUT2D eigenvalue weighted by molar-refractivity contribution is 5.98. The van der Waals surface area contributed by atoms with E-state index in [1.54, 1.807) is 0 Å². The first-order valence-corrected chi connectivity index (χ1v) is 7.37. The van der Waals surface area contributed by atoms with E-state index < -0.39 is 29.8 Å². The Morgan fingerprint density at radius 2 is 1.83 bits per heavy atom. The minimum atomic E-state index is -1.16. The second-order valence-electron chi connectivity index (χ2n) is 5.55. The number of aliphatic hydroxyl groups excluding tert-OH is 1. The van der Waals surface area contributed by atoms with Crippen LogP contribution < -0.4 is 0 Å². The number of ketones is 1. The van der Waals surface area contributed by atoms with E-state index in [1.165, 1.54) is 29.2 Å². The van der Waals surface area contributed by atoms with E-state index in [4.69, 9.17) is 5.11 Å². The van der Waals surface area contributed by atoms with Gasteiger partial charge in [0.25, 0.3) is 0 Å². The number of carboxylic acids is 1. The van der Waals surface area contributed by atoms with Gasteiger partial charge in [-0.15, -0.1) is 0 Å². The van der Waals surface area contributed by atoms with Crippen molar-refractivity contribution in [2.45, 2.75) is 37.8 Å². The molecule has 1 amide bonds. The van der Waals surface area contributed by atoms with Crippen molar-refractivity contribution in [3.05, 3.63) is 35.6 Å². The molecular formula is C16H18FNO5. The molecule has 124 valence electrons. The maximum Gasteiger partial charge on any atom is 0.326 e. The van der Waals surface area contributed by atoms with Gasteiger partial charge in [-0.05, 0) is 30.7 Å². The second-order valence-corrected chi connectivity index (χ2v) is 5.55. The highest BCUT2D eigenvalue weighted by Gasteiger charge is 2.35. The third-order valence-corrected chi connectivity index (χ3v) is 3.91. The van der Waals surface area contributed by atoms with Crippen molar-refractivity contribution in [1.82, 2.24) is 4.90 Å². The predicted octanol–water partition coefficient (Wildman–Crippen LogP) is 1.23. The van der Waals surface area contributed by atoms with Crippen molar-refractivity contribution in [1.29, 1.82) is 0 Å². The number of carboxylic acid groups (broad SMARTS) is 1. The summed E-state index contributed by atoms with van der Waals surface area (Å²) in [5, 5.41) is 18.7. The van der Waals surface area contributed by atoms with Crippen LogP contribution in [-0.4, -0.2) is 51.5 Å². The van der Waals surface area contributed by atoms with E-state index in [1.807, 2.05) is 0 Å². The van der Waals surface area contributed by atoms with Crippen molar-refractivity contribution < 1.29 is 29.0 Å². The Hall–Kier alpha value is -2.28. The Balaban J connectivity index is 1.94. The topological polar surface area (TPSA) is 94.9 Å². The number of hydrogen-bond acceptors (Lipinski definition) is 4. The summed E-state index contributed by atoms with van der Waals surface area (Å²) in [5.74, 6) is -2.35. The third-order valence-electron chi connectivity index (χ3n) is 3.91. The van der Waals surface area contributed by atoms with E-state index in [-0.39, 0.29) is 31.6 Å². The summed E-state index contributed by atoms with van der Waals surface area (Å²) in [6.45, 7) is 0.154. The summed E-state index contributed by atoms with van der Waals surface area (Å²) >= 11 is 0. The Kier molecular flexibility index (Phi) is 5.44. The Morgan fingerprint density at radius 3 is 2.43 bits per heavy atom. The lowest BCUT2D eigenvalue weighted by Gasteiger charge is -2.35. The summed E-state index contributed by atoms with van der Waals surface area (Å²) in [4.78, 5) is 36.5.